The van der Waals surface area contributed by atoms with E-state index in [1.54, 1.807) is 31.2 Å². The quantitative estimate of drug-likeness (QED) is 0.855. The average Bonchev–Trinajstić information content (AvgIpc) is 2.18. The summed E-state index contributed by atoms with van der Waals surface area (Å²) in [6.07, 6.45) is -3.00. The van der Waals surface area contributed by atoms with Gasteiger partial charge in [-0.05, 0) is 18.6 Å². The maximum absolute atomic E-state index is 12.0. The molecular formula is C10H10ClF2NO. The van der Waals surface area contributed by atoms with Gasteiger partial charge in [-0.3, -0.25) is 4.79 Å². The summed E-state index contributed by atoms with van der Waals surface area (Å²) in [6, 6.07) is 6.25. The van der Waals surface area contributed by atoms with Crippen LogP contribution >= 0.6 is 11.6 Å². The van der Waals surface area contributed by atoms with E-state index in [1.165, 1.54) is 0 Å². The summed E-state index contributed by atoms with van der Waals surface area (Å²) in [5.41, 5.74) is 0.619. The Hall–Kier alpha value is -1.16. The van der Waals surface area contributed by atoms with Crippen LogP contribution in [0.3, 0.4) is 0 Å². The van der Waals surface area contributed by atoms with Gasteiger partial charge in [-0.25, -0.2) is 0 Å². The van der Waals surface area contributed by atoms with E-state index in [0.717, 1.165) is 0 Å². The zero-order valence-electron chi connectivity index (χ0n) is 8.01. The Bertz CT molecular complexity index is 357. The van der Waals surface area contributed by atoms with E-state index in [2.05, 4.69) is 5.32 Å². The van der Waals surface area contributed by atoms with Crippen molar-refractivity contribution in [3.63, 3.8) is 0 Å². The van der Waals surface area contributed by atoms with E-state index < -0.39 is 18.4 Å². The summed E-state index contributed by atoms with van der Waals surface area (Å²) in [4.78, 5) is 10.7. The first kappa shape index (κ1) is 11.9. The molecule has 5 heteroatoms. The molecule has 0 spiro atoms. The zero-order chi connectivity index (χ0) is 11.4. The second-order valence-corrected chi connectivity index (χ2v) is 3.46. The highest BCUT2D eigenvalue weighted by Gasteiger charge is 2.18. The maximum atomic E-state index is 12.0. The van der Waals surface area contributed by atoms with E-state index in [-0.39, 0.29) is 0 Å². The molecule has 0 aliphatic rings. The molecule has 0 heterocycles. The third kappa shape index (κ3) is 3.16. The first-order valence-electron chi connectivity index (χ1n) is 4.35. The van der Waals surface area contributed by atoms with Crippen molar-refractivity contribution in [3.8, 4) is 0 Å². The van der Waals surface area contributed by atoms with Crippen molar-refractivity contribution < 1.29 is 13.6 Å². The van der Waals surface area contributed by atoms with Gasteiger partial charge in [-0.1, -0.05) is 29.8 Å². The minimum absolute atomic E-state index is 0.444. The van der Waals surface area contributed by atoms with Gasteiger partial charge in [-0.2, -0.15) is 8.78 Å². The number of halogens is 3. The Morgan fingerprint density at radius 1 is 1.40 bits per heavy atom. The number of amides is 1. The largest absolute Gasteiger partial charge is 0.345 e. The molecule has 1 aromatic rings. The van der Waals surface area contributed by atoms with Crippen LogP contribution < -0.4 is 5.32 Å². The molecule has 1 amide bonds. The van der Waals surface area contributed by atoms with Crippen LogP contribution in [-0.2, 0) is 4.79 Å². The summed E-state index contributed by atoms with van der Waals surface area (Å²) in [5, 5.41) is 2.61. The summed E-state index contributed by atoms with van der Waals surface area (Å²) in [5.74, 6) is -1.29. The highest BCUT2D eigenvalue weighted by molar-refractivity contribution is 6.31. The summed E-state index contributed by atoms with van der Waals surface area (Å²) < 4.78 is 23.9. The molecule has 1 aromatic carbocycles. The molecule has 15 heavy (non-hydrogen) atoms. The van der Waals surface area contributed by atoms with E-state index in [4.69, 9.17) is 11.6 Å². The monoisotopic (exact) mass is 233 g/mol. The molecule has 0 saturated heterocycles. The molecule has 1 rings (SSSR count). The van der Waals surface area contributed by atoms with Crippen LogP contribution in [0.1, 0.15) is 18.5 Å². The van der Waals surface area contributed by atoms with E-state index >= 15 is 0 Å². The molecule has 0 aromatic heterocycles. The smallest absolute Gasteiger partial charge is 0.315 e. The van der Waals surface area contributed by atoms with Crippen molar-refractivity contribution >= 4 is 17.5 Å². The Morgan fingerprint density at radius 3 is 2.53 bits per heavy atom. The van der Waals surface area contributed by atoms with Gasteiger partial charge in [0.25, 0.3) is 5.91 Å². The van der Waals surface area contributed by atoms with Gasteiger partial charge >= 0.3 is 6.43 Å². The number of carbonyl (C=O) groups is 1. The van der Waals surface area contributed by atoms with Crippen molar-refractivity contribution in [1.82, 2.24) is 5.32 Å². The van der Waals surface area contributed by atoms with E-state index in [9.17, 15) is 13.6 Å². The summed E-state index contributed by atoms with van der Waals surface area (Å²) in [7, 11) is 0. The summed E-state index contributed by atoms with van der Waals surface area (Å²) in [6.45, 7) is 1.60. The Kier molecular flexibility index (Phi) is 4.03. The topological polar surface area (TPSA) is 29.1 Å². The SMILES string of the molecule is C[C@@H](NC(=O)C(F)F)c1ccccc1Cl. The van der Waals surface area contributed by atoms with Crippen molar-refractivity contribution in [1.29, 1.82) is 0 Å². The molecule has 82 valence electrons. The number of carbonyl (C=O) groups excluding carboxylic acids is 1. The molecule has 0 aliphatic carbocycles. The average molecular weight is 234 g/mol. The van der Waals surface area contributed by atoms with Crippen LogP contribution in [0.25, 0.3) is 0 Å². The van der Waals surface area contributed by atoms with E-state index in [1.807, 2.05) is 0 Å². The van der Waals surface area contributed by atoms with Gasteiger partial charge in [0, 0.05) is 5.02 Å². The third-order valence-electron chi connectivity index (χ3n) is 1.93. The van der Waals surface area contributed by atoms with Crippen molar-refractivity contribution in [2.24, 2.45) is 0 Å². The second kappa shape index (κ2) is 5.07. The van der Waals surface area contributed by atoms with Gasteiger partial charge in [0.2, 0.25) is 0 Å². The van der Waals surface area contributed by atoms with Gasteiger partial charge < -0.3 is 5.32 Å². The fraction of sp³-hybridized carbons (Fsp3) is 0.300. The van der Waals surface area contributed by atoms with Gasteiger partial charge in [0.05, 0.1) is 6.04 Å². The molecular weight excluding hydrogens is 224 g/mol. The molecule has 0 fully saturated rings. The molecule has 0 bridgehead atoms. The zero-order valence-corrected chi connectivity index (χ0v) is 8.76. The van der Waals surface area contributed by atoms with Crippen LogP contribution in [0.15, 0.2) is 24.3 Å². The van der Waals surface area contributed by atoms with Crippen LogP contribution in [0, 0.1) is 0 Å². The first-order chi connectivity index (χ1) is 7.02. The number of alkyl halides is 2. The van der Waals surface area contributed by atoms with Crippen LogP contribution in [0.5, 0.6) is 0 Å². The molecule has 2 nitrogen and oxygen atoms in total. The second-order valence-electron chi connectivity index (χ2n) is 3.05. The minimum atomic E-state index is -3.00. The van der Waals surface area contributed by atoms with Gasteiger partial charge in [0.1, 0.15) is 0 Å². The Labute approximate surface area is 91.2 Å². The lowest BCUT2D eigenvalue weighted by molar-refractivity contribution is -0.132. The van der Waals surface area contributed by atoms with Gasteiger partial charge in [0.15, 0.2) is 0 Å². The summed E-state index contributed by atoms with van der Waals surface area (Å²) >= 11 is 5.84. The molecule has 0 aliphatic heterocycles. The van der Waals surface area contributed by atoms with Crippen molar-refractivity contribution in [2.75, 3.05) is 0 Å². The fourth-order valence-electron chi connectivity index (χ4n) is 1.18. The molecule has 0 saturated carbocycles. The molecule has 1 atom stereocenters. The number of nitrogens with one attached hydrogen (secondary N) is 1. The number of hydrogen-bond acceptors (Lipinski definition) is 1. The standard InChI is InChI=1S/C10H10ClF2NO/c1-6(14-10(15)9(12)13)7-4-2-3-5-8(7)11/h2-6,9H,1H3,(H,14,15)/t6-/m1/s1. The van der Waals surface area contributed by atoms with E-state index in [0.29, 0.717) is 10.6 Å². The lowest BCUT2D eigenvalue weighted by Crippen LogP contribution is -2.31. The predicted octanol–water partition coefficient (Wildman–Crippen LogP) is 2.78. The van der Waals surface area contributed by atoms with Crippen molar-refractivity contribution in [3.05, 3.63) is 34.9 Å². The van der Waals surface area contributed by atoms with Crippen molar-refractivity contribution in [2.45, 2.75) is 19.4 Å². The highest BCUT2D eigenvalue weighted by atomic mass is 35.5. The first-order valence-corrected chi connectivity index (χ1v) is 4.73. The third-order valence-corrected chi connectivity index (χ3v) is 2.27. The molecule has 1 N–H and O–H groups in total. The van der Waals surface area contributed by atoms with Crippen LogP contribution in [-0.4, -0.2) is 12.3 Å². The normalized spacial score (nSPS) is 12.6. The fourth-order valence-corrected chi connectivity index (χ4v) is 1.48. The Morgan fingerprint density at radius 2 is 2.00 bits per heavy atom. The number of benzene rings is 1. The lowest BCUT2D eigenvalue weighted by Gasteiger charge is -2.15. The number of hydrogen-bond donors (Lipinski definition) is 1. The molecule has 0 radical (unpaired) electrons. The van der Waals surface area contributed by atoms with Gasteiger partial charge in [-0.15, -0.1) is 0 Å². The Balaban J connectivity index is 2.73. The number of rotatable bonds is 3. The predicted molar refractivity (Wildman–Crippen MR) is 54.0 cm³/mol. The molecule has 0 unspecified atom stereocenters. The maximum Gasteiger partial charge on any atom is 0.315 e. The highest BCUT2D eigenvalue weighted by Crippen LogP contribution is 2.22. The minimum Gasteiger partial charge on any atom is -0.345 e. The van der Waals surface area contributed by atoms with Crippen LogP contribution in [0.4, 0.5) is 8.78 Å². The lowest BCUT2D eigenvalue weighted by atomic mass is 10.1. The van der Waals surface area contributed by atoms with Crippen LogP contribution in [0.2, 0.25) is 5.02 Å².